The molecule has 0 saturated carbocycles. The van der Waals surface area contributed by atoms with Gasteiger partial charge in [0.2, 0.25) is 0 Å². The number of morpholine rings is 1. The third kappa shape index (κ3) is 4.44. The van der Waals surface area contributed by atoms with Gasteiger partial charge in [-0.25, -0.2) is 0 Å². The highest BCUT2D eigenvalue weighted by Gasteiger charge is 2.46. The van der Waals surface area contributed by atoms with Crippen LogP contribution in [-0.4, -0.2) is 73.1 Å². The lowest BCUT2D eigenvalue weighted by atomic mass is 9.98. The number of aryl methyl sites for hydroxylation is 1. The normalized spacial score (nSPS) is 21.3. The topological polar surface area (TPSA) is 79.3 Å². The summed E-state index contributed by atoms with van der Waals surface area (Å²) < 4.78 is 10.7. The molecule has 2 aliphatic heterocycles. The van der Waals surface area contributed by atoms with E-state index in [0.29, 0.717) is 17.9 Å². The first-order chi connectivity index (χ1) is 15.5. The van der Waals surface area contributed by atoms with Crippen LogP contribution in [0.15, 0.2) is 41.3 Å². The highest BCUT2D eigenvalue weighted by molar-refractivity contribution is 7.10. The lowest BCUT2D eigenvalue weighted by Gasteiger charge is -2.28. The quantitative estimate of drug-likeness (QED) is 0.392. The van der Waals surface area contributed by atoms with Crippen LogP contribution >= 0.6 is 11.3 Å². The molecule has 1 amide bonds. The van der Waals surface area contributed by atoms with E-state index in [1.807, 2.05) is 24.4 Å². The zero-order valence-electron chi connectivity index (χ0n) is 18.4. The lowest BCUT2D eigenvalue weighted by molar-refractivity contribution is -0.140. The molecule has 1 atom stereocenters. The number of hydrogen-bond donors (Lipinski definition) is 1. The predicted octanol–water partition coefficient (Wildman–Crippen LogP) is 3.21. The number of benzene rings is 1. The van der Waals surface area contributed by atoms with Gasteiger partial charge in [-0.15, -0.1) is 11.3 Å². The summed E-state index contributed by atoms with van der Waals surface area (Å²) in [5, 5.41) is 13.1. The van der Waals surface area contributed by atoms with Crippen LogP contribution in [0, 0.1) is 6.92 Å². The number of carbonyl (C=O) groups is 2. The Morgan fingerprint density at radius 3 is 2.66 bits per heavy atom. The molecule has 0 aliphatic carbocycles. The number of aliphatic hydroxyl groups is 1. The van der Waals surface area contributed by atoms with Gasteiger partial charge in [0.25, 0.3) is 11.7 Å². The average Bonchev–Trinajstić information content (AvgIpc) is 3.42. The minimum atomic E-state index is -0.638. The van der Waals surface area contributed by atoms with Gasteiger partial charge in [-0.3, -0.25) is 14.5 Å². The van der Waals surface area contributed by atoms with Gasteiger partial charge in [-0.2, -0.15) is 0 Å². The summed E-state index contributed by atoms with van der Waals surface area (Å²) in [7, 11) is 1.58. The highest BCUT2D eigenvalue weighted by atomic mass is 32.1. The summed E-state index contributed by atoms with van der Waals surface area (Å²) in [5.41, 5.74) is 1.48. The molecule has 7 nitrogen and oxygen atoms in total. The van der Waals surface area contributed by atoms with Crippen LogP contribution in [0.4, 0.5) is 0 Å². The summed E-state index contributed by atoms with van der Waals surface area (Å²) >= 11 is 1.48. The standard InChI is InChI=1S/C24H28N2O5S/c1-16-15-17(6-7-18(16)30-2)22(27)20-21(19-5-3-14-32-19)26(24(29)23(20)28)9-4-8-25-10-12-31-13-11-25/h3,5-7,14-15,21,27H,4,8-13H2,1-2H3/b22-20-. The summed E-state index contributed by atoms with van der Waals surface area (Å²) in [6, 6.07) is 8.45. The van der Waals surface area contributed by atoms with E-state index in [2.05, 4.69) is 4.90 Å². The summed E-state index contributed by atoms with van der Waals surface area (Å²) in [4.78, 5) is 30.8. The molecule has 1 aromatic carbocycles. The number of carbonyl (C=O) groups excluding carboxylic acids is 2. The molecule has 32 heavy (non-hydrogen) atoms. The van der Waals surface area contributed by atoms with E-state index >= 15 is 0 Å². The second-order valence-electron chi connectivity index (χ2n) is 8.00. The van der Waals surface area contributed by atoms with E-state index in [-0.39, 0.29) is 11.3 Å². The molecule has 1 aromatic heterocycles. The maximum Gasteiger partial charge on any atom is 0.295 e. The van der Waals surface area contributed by atoms with Gasteiger partial charge in [0.1, 0.15) is 11.5 Å². The molecule has 2 aliphatic rings. The number of hydrogen-bond acceptors (Lipinski definition) is 7. The van der Waals surface area contributed by atoms with Crippen molar-refractivity contribution in [2.75, 3.05) is 46.5 Å². The zero-order valence-corrected chi connectivity index (χ0v) is 19.2. The van der Waals surface area contributed by atoms with Crippen LogP contribution in [0.3, 0.4) is 0 Å². The predicted molar refractivity (Wildman–Crippen MR) is 123 cm³/mol. The van der Waals surface area contributed by atoms with Crippen molar-refractivity contribution in [2.24, 2.45) is 0 Å². The Morgan fingerprint density at radius 2 is 2.00 bits per heavy atom. The molecule has 8 heteroatoms. The van der Waals surface area contributed by atoms with Crippen LogP contribution < -0.4 is 4.74 Å². The largest absolute Gasteiger partial charge is 0.507 e. The van der Waals surface area contributed by atoms with Crippen LogP contribution in [-0.2, 0) is 14.3 Å². The number of amides is 1. The fraction of sp³-hybridized carbons (Fsp3) is 0.417. The third-order valence-electron chi connectivity index (χ3n) is 6.00. The van der Waals surface area contributed by atoms with Crippen LogP contribution in [0.1, 0.15) is 28.5 Å². The van der Waals surface area contributed by atoms with Crippen molar-refractivity contribution in [3.63, 3.8) is 0 Å². The first-order valence-electron chi connectivity index (χ1n) is 10.8. The van der Waals surface area contributed by atoms with Crippen molar-refractivity contribution < 1.29 is 24.2 Å². The Balaban J connectivity index is 1.63. The van der Waals surface area contributed by atoms with Gasteiger partial charge in [0.15, 0.2) is 0 Å². The molecular formula is C24H28N2O5S. The number of methoxy groups -OCH3 is 1. The molecule has 3 heterocycles. The van der Waals surface area contributed by atoms with E-state index in [4.69, 9.17) is 9.47 Å². The fourth-order valence-electron chi connectivity index (χ4n) is 4.32. The lowest BCUT2D eigenvalue weighted by Crippen LogP contribution is -2.38. The van der Waals surface area contributed by atoms with Gasteiger partial charge in [0, 0.05) is 36.6 Å². The molecule has 0 radical (unpaired) electrons. The van der Waals surface area contributed by atoms with Crippen LogP contribution in [0.25, 0.3) is 5.76 Å². The molecule has 0 bridgehead atoms. The Bertz CT molecular complexity index is 1010. The zero-order chi connectivity index (χ0) is 22.7. The van der Waals surface area contributed by atoms with Crippen molar-refractivity contribution in [1.29, 1.82) is 0 Å². The molecule has 1 N–H and O–H groups in total. The first-order valence-corrected chi connectivity index (χ1v) is 11.7. The average molecular weight is 457 g/mol. The van der Waals surface area contributed by atoms with Crippen LogP contribution in [0.5, 0.6) is 5.75 Å². The van der Waals surface area contributed by atoms with Gasteiger partial charge >= 0.3 is 0 Å². The molecule has 4 rings (SSSR count). The number of ether oxygens (including phenoxy) is 2. The Labute approximate surface area is 191 Å². The Morgan fingerprint density at radius 1 is 1.22 bits per heavy atom. The Kier molecular flexibility index (Phi) is 6.93. The van der Waals surface area contributed by atoms with E-state index in [0.717, 1.165) is 49.7 Å². The second kappa shape index (κ2) is 9.85. The molecular weight excluding hydrogens is 428 g/mol. The molecule has 2 aromatic rings. The number of Topliss-reactive ketones (excluding diaryl/α,β-unsaturated/α-hetero) is 1. The maximum atomic E-state index is 13.1. The van der Waals surface area contributed by atoms with Gasteiger partial charge in [0.05, 0.1) is 31.9 Å². The number of rotatable bonds is 7. The SMILES string of the molecule is COc1ccc(/C(O)=C2/C(=O)C(=O)N(CCCN3CCOCC3)C2c2cccs2)cc1C. The fourth-order valence-corrected chi connectivity index (χ4v) is 5.17. The highest BCUT2D eigenvalue weighted by Crippen LogP contribution is 2.41. The molecule has 170 valence electrons. The number of thiophene rings is 1. The second-order valence-corrected chi connectivity index (χ2v) is 8.98. The minimum Gasteiger partial charge on any atom is -0.507 e. The monoisotopic (exact) mass is 456 g/mol. The molecule has 1 unspecified atom stereocenters. The van der Waals surface area contributed by atoms with E-state index in [1.54, 1.807) is 30.2 Å². The van der Waals surface area contributed by atoms with Gasteiger partial charge in [-0.1, -0.05) is 6.07 Å². The van der Waals surface area contributed by atoms with Crippen molar-refractivity contribution in [2.45, 2.75) is 19.4 Å². The van der Waals surface area contributed by atoms with Gasteiger partial charge in [-0.05, 0) is 48.6 Å². The minimum absolute atomic E-state index is 0.147. The Hall–Kier alpha value is -2.68. The van der Waals surface area contributed by atoms with E-state index in [1.165, 1.54) is 11.3 Å². The molecule has 0 spiro atoms. The van der Waals surface area contributed by atoms with Crippen molar-refractivity contribution >= 4 is 28.8 Å². The summed E-state index contributed by atoms with van der Waals surface area (Å²) in [6.07, 6.45) is 0.747. The van der Waals surface area contributed by atoms with Crippen molar-refractivity contribution in [1.82, 2.24) is 9.80 Å². The van der Waals surface area contributed by atoms with E-state index in [9.17, 15) is 14.7 Å². The summed E-state index contributed by atoms with van der Waals surface area (Å²) in [5.74, 6) is -0.652. The maximum absolute atomic E-state index is 13.1. The molecule has 2 saturated heterocycles. The van der Waals surface area contributed by atoms with E-state index < -0.39 is 17.7 Å². The smallest absolute Gasteiger partial charge is 0.295 e. The molecule has 2 fully saturated rings. The van der Waals surface area contributed by atoms with Crippen LogP contribution in [0.2, 0.25) is 0 Å². The number of aliphatic hydroxyl groups excluding tert-OH is 1. The number of likely N-dealkylation sites (tertiary alicyclic amines) is 1. The van der Waals surface area contributed by atoms with Gasteiger partial charge < -0.3 is 19.5 Å². The summed E-state index contributed by atoms with van der Waals surface area (Å²) in [6.45, 7) is 6.36. The van der Waals surface area contributed by atoms with Crippen molar-refractivity contribution in [3.8, 4) is 5.75 Å². The number of nitrogens with zero attached hydrogens (tertiary/aromatic N) is 2. The number of ketones is 1. The third-order valence-corrected chi connectivity index (χ3v) is 6.92. The van der Waals surface area contributed by atoms with Crippen molar-refractivity contribution in [3.05, 3.63) is 57.3 Å². The first kappa shape index (κ1) is 22.5.